The lowest BCUT2D eigenvalue weighted by atomic mass is 9.79. The minimum absolute atomic E-state index is 0.0262. The van der Waals surface area contributed by atoms with Gasteiger partial charge in [0.15, 0.2) is 6.23 Å². The van der Waals surface area contributed by atoms with E-state index in [4.69, 9.17) is 23.7 Å². The van der Waals surface area contributed by atoms with Crippen molar-refractivity contribution in [3.8, 4) is 11.5 Å². The SMILES string of the molecule is COc1ccc(C(OC[C@@]23CN(C(=O)C(F)(F)F)[C@@H]([C@H](n4cc(C)c(NC(C)=O)nc4=O)O2)[C@@H]3OCc2ccccc2)(c2ccccc2)c2ccc(OC)cc2)cc1. The molecular formula is C43H41F3N4O8. The van der Waals surface area contributed by atoms with Gasteiger partial charge in [0, 0.05) is 18.7 Å². The molecule has 2 aliphatic rings. The summed E-state index contributed by atoms with van der Waals surface area (Å²) in [6.07, 6.45) is -6.72. The maximum Gasteiger partial charge on any atom is 0.471 e. The van der Waals surface area contributed by atoms with Crippen LogP contribution in [-0.4, -0.2) is 77.6 Å². The van der Waals surface area contributed by atoms with Crippen LogP contribution in [0.1, 0.15) is 41.0 Å². The van der Waals surface area contributed by atoms with Crippen LogP contribution in [0, 0.1) is 6.92 Å². The summed E-state index contributed by atoms with van der Waals surface area (Å²) in [7, 11) is 3.09. The van der Waals surface area contributed by atoms with Gasteiger partial charge in [-0.1, -0.05) is 84.9 Å². The molecule has 0 radical (unpaired) electrons. The average molecular weight is 799 g/mol. The molecule has 3 heterocycles. The van der Waals surface area contributed by atoms with Crippen molar-refractivity contribution in [3.05, 3.63) is 154 Å². The van der Waals surface area contributed by atoms with Gasteiger partial charge in [-0.3, -0.25) is 14.2 Å². The second-order valence-corrected chi connectivity index (χ2v) is 14.1. The van der Waals surface area contributed by atoms with Crippen LogP contribution in [0.5, 0.6) is 11.5 Å². The Morgan fingerprint density at radius 1 is 0.862 bits per heavy atom. The maximum atomic E-state index is 14.5. The van der Waals surface area contributed by atoms with Gasteiger partial charge in [-0.2, -0.15) is 18.2 Å². The first kappa shape index (κ1) is 40.2. The average Bonchev–Trinajstić information content (AvgIpc) is 3.71. The monoisotopic (exact) mass is 798 g/mol. The second-order valence-electron chi connectivity index (χ2n) is 14.1. The van der Waals surface area contributed by atoms with Crippen molar-refractivity contribution in [2.45, 2.75) is 56.2 Å². The number of likely N-dealkylation sites (tertiary alicyclic amines) is 1. The number of carbonyl (C=O) groups is 2. The number of rotatable bonds is 13. The Morgan fingerprint density at radius 2 is 1.41 bits per heavy atom. The highest BCUT2D eigenvalue weighted by atomic mass is 19.4. The van der Waals surface area contributed by atoms with Gasteiger partial charge in [-0.15, -0.1) is 0 Å². The zero-order valence-electron chi connectivity index (χ0n) is 32.1. The quantitative estimate of drug-likeness (QED) is 0.139. The van der Waals surface area contributed by atoms with Crippen LogP contribution >= 0.6 is 0 Å². The molecule has 2 saturated heterocycles. The van der Waals surface area contributed by atoms with Crippen LogP contribution in [0.15, 0.2) is 120 Å². The van der Waals surface area contributed by atoms with Crippen LogP contribution < -0.4 is 20.5 Å². The Balaban J connectivity index is 1.40. The number of alkyl halides is 3. The lowest BCUT2D eigenvalue weighted by Gasteiger charge is -2.41. The molecule has 2 fully saturated rings. The third kappa shape index (κ3) is 7.55. The first-order valence-corrected chi connectivity index (χ1v) is 18.4. The van der Waals surface area contributed by atoms with E-state index in [0.717, 1.165) is 4.57 Å². The number of aromatic nitrogens is 2. The number of halogens is 3. The van der Waals surface area contributed by atoms with Crippen molar-refractivity contribution in [2.75, 3.05) is 32.7 Å². The molecule has 0 saturated carbocycles. The zero-order valence-corrected chi connectivity index (χ0v) is 32.1. The molecule has 7 rings (SSSR count). The zero-order chi connectivity index (χ0) is 41.2. The van der Waals surface area contributed by atoms with E-state index in [2.05, 4.69) is 10.3 Å². The molecule has 0 spiro atoms. The number of hydrogen-bond acceptors (Lipinski definition) is 9. The van der Waals surface area contributed by atoms with Gasteiger partial charge in [-0.05, 0) is 53.4 Å². The second kappa shape index (κ2) is 16.1. The molecule has 58 heavy (non-hydrogen) atoms. The van der Waals surface area contributed by atoms with Gasteiger partial charge in [0.1, 0.15) is 40.7 Å². The first-order chi connectivity index (χ1) is 27.8. The van der Waals surface area contributed by atoms with Crippen molar-refractivity contribution < 1.29 is 46.4 Å². The Kier molecular flexibility index (Phi) is 11.1. The van der Waals surface area contributed by atoms with Gasteiger partial charge in [0.05, 0.1) is 34.0 Å². The number of anilines is 1. The lowest BCUT2D eigenvalue weighted by molar-refractivity contribution is -0.208. The summed E-state index contributed by atoms with van der Waals surface area (Å²) in [5, 5.41) is 2.49. The van der Waals surface area contributed by atoms with Crippen LogP contribution in [0.25, 0.3) is 0 Å². The van der Waals surface area contributed by atoms with Gasteiger partial charge in [-0.25, -0.2) is 4.79 Å². The third-order valence-corrected chi connectivity index (χ3v) is 10.5. The Morgan fingerprint density at radius 3 is 1.95 bits per heavy atom. The van der Waals surface area contributed by atoms with Crippen LogP contribution in [0.4, 0.5) is 19.0 Å². The Hall–Kier alpha value is -6.03. The van der Waals surface area contributed by atoms with Gasteiger partial charge >= 0.3 is 17.8 Å². The molecule has 5 aromatic rings. The number of carbonyl (C=O) groups excluding carboxylic acids is 2. The van der Waals surface area contributed by atoms with Crippen molar-refractivity contribution in [1.29, 1.82) is 0 Å². The molecule has 4 atom stereocenters. The van der Waals surface area contributed by atoms with Crippen LogP contribution in [0.3, 0.4) is 0 Å². The number of amides is 2. The molecule has 302 valence electrons. The molecule has 0 unspecified atom stereocenters. The topological polar surface area (TPSA) is 130 Å². The van der Waals surface area contributed by atoms with E-state index >= 15 is 0 Å². The number of fused-ring (bicyclic) bond motifs is 2. The number of hydrogen-bond donors (Lipinski definition) is 1. The highest BCUT2D eigenvalue weighted by Gasteiger charge is 2.69. The molecule has 15 heteroatoms. The van der Waals surface area contributed by atoms with Crippen molar-refractivity contribution >= 4 is 17.6 Å². The third-order valence-electron chi connectivity index (χ3n) is 10.5. The fraction of sp³-hybridized carbons (Fsp3) is 0.302. The summed E-state index contributed by atoms with van der Waals surface area (Å²) in [6.45, 7) is 1.73. The van der Waals surface area contributed by atoms with E-state index in [1.807, 2.05) is 60.7 Å². The predicted molar refractivity (Wildman–Crippen MR) is 205 cm³/mol. The molecule has 1 N–H and O–H groups in total. The number of nitrogens with one attached hydrogen (secondary N) is 1. The smallest absolute Gasteiger partial charge is 0.471 e. The van der Waals surface area contributed by atoms with Crippen molar-refractivity contribution in [3.63, 3.8) is 0 Å². The predicted octanol–water partition coefficient (Wildman–Crippen LogP) is 6.16. The Labute approximate surface area is 332 Å². The molecule has 0 aliphatic carbocycles. The standard InChI is InChI=1S/C43H41F3N4O8/c1-27-23-49(40(53)48-37(27)47-28(2)51)38-35-36(56-24-29-11-7-5-8-12-29)41(58-38,25-50(35)39(52)43(44,45)46)26-57-42(30-13-9-6-10-14-30,31-15-19-33(54-3)20-16-31)32-17-21-34(55-4)22-18-32/h5-23,35-36,38H,24-26H2,1-4H3,(H,47,48,51,53)/t35-,36+,38-,41-/m1/s1. The Bertz CT molecular complexity index is 2260. The van der Waals surface area contributed by atoms with E-state index in [0.29, 0.717) is 44.2 Å². The number of nitrogens with zero attached hydrogens (tertiary/aromatic N) is 3. The van der Waals surface area contributed by atoms with E-state index < -0.39 is 66.4 Å². The molecule has 4 aromatic carbocycles. The van der Waals surface area contributed by atoms with E-state index in [1.54, 1.807) is 69.7 Å². The summed E-state index contributed by atoms with van der Waals surface area (Å²) >= 11 is 0. The van der Waals surface area contributed by atoms with Crippen LogP contribution in [-0.2, 0) is 36.0 Å². The molecule has 2 aliphatic heterocycles. The first-order valence-electron chi connectivity index (χ1n) is 18.4. The van der Waals surface area contributed by atoms with E-state index in [-0.39, 0.29) is 12.4 Å². The summed E-state index contributed by atoms with van der Waals surface area (Å²) in [6, 6.07) is 31.2. The number of methoxy groups -OCH3 is 2. The maximum absolute atomic E-state index is 14.5. The fourth-order valence-electron chi connectivity index (χ4n) is 7.79. The summed E-state index contributed by atoms with van der Waals surface area (Å²) in [4.78, 5) is 43.6. The minimum atomic E-state index is -5.28. The molecule has 1 aromatic heterocycles. The molecule has 2 bridgehead atoms. The normalized spacial score (nSPS) is 20.2. The summed E-state index contributed by atoms with van der Waals surface area (Å²) in [5.74, 6) is -1.48. The number of ether oxygens (including phenoxy) is 5. The highest BCUT2D eigenvalue weighted by Crippen LogP contribution is 2.51. The number of benzene rings is 4. The molecule has 2 amide bonds. The fourth-order valence-corrected chi connectivity index (χ4v) is 7.79. The largest absolute Gasteiger partial charge is 0.497 e. The minimum Gasteiger partial charge on any atom is -0.497 e. The van der Waals surface area contributed by atoms with Crippen LogP contribution in [0.2, 0.25) is 0 Å². The number of aryl methyl sites for hydroxylation is 1. The molecule has 12 nitrogen and oxygen atoms in total. The number of morpholine rings is 1. The summed E-state index contributed by atoms with van der Waals surface area (Å²) < 4.78 is 75.9. The van der Waals surface area contributed by atoms with Gasteiger partial charge in [0.2, 0.25) is 5.91 Å². The molecular weight excluding hydrogens is 757 g/mol. The van der Waals surface area contributed by atoms with Crippen molar-refractivity contribution in [2.24, 2.45) is 0 Å². The summed E-state index contributed by atoms with van der Waals surface area (Å²) in [5.41, 5.74) is -1.18. The van der Waals surface area contributed by atoms with E-state index in [1.165, 1.54) is 13.1 Å². The van der Waals surface area contributed by atoms with Gasteiger partial charge in [0.25, 0.3) is 0 Å². The van der Waals surface area contributed by atoms with Gasteiger partial charge < -0.3 is 33.9 Å². The lowest BCUT2D eigenvalue weighted by Crippen LogP contribution is -2.55. The van der Waals surface area contributed by atoms with E-state index in [9.17, 15) is 27.6 Å². The van der Waals surface area contributed by atoms with Crippen molar-refractivity contribution in [1.82, 2.24) is 14.5 Å². The highest BCUT2D eigenvalue weighted by molar-refractivity contribution is 5.88.